The molecular formula is C15H20. The van der Waals surface area contributed by atoms with E-state index in [1.54, 1.807) is 0 Å². The first-order valence-corrected chi connectivity index (χ1v) is 5.72. The van der Waals surface area contributed by atoms with Gasteiger partial charge in [-0.05, 0) is 25.3 Å². The van der Waals surface area contributed by atoms with Crippen LogP contribution in [0.5, 0.6) is 0 Å². The van der Waals surface area contributed by atoms with Gasteiger partial charge >= 0.3 is 0 Å². The van der Waals surface area contributed by atoms with Crippen molar-refractivity contribution in [3.63, 3.8) is 0 Å². The monoisotopic (exact) mass is 200 g/mol. The van der Waals surface area contributed by atoms with Gasteiger partial charge in [0, 0.05) is 0 Å². The summed E-state index contributed by atoms with van der Waals surface area (Å²) >= 11 is 0. The van der Waals surface area contributed by atoms with Crippen LogP contribution in [0.3, 0.4) is 0 Å². The molecule has 0 heterocycles. The van der Waals surface area contributed by atoms with Gasteiger partial charge in [-0.2, -0.15) is 0 Å². The summed E-state index contributed by atoms with van der Waals surface area (Å²) in [5, 5.41) is 0. The van der Waals surface area contributed by atoms with Crippen LogP contribution in [0, 0.1) is 0 Å². The van der Waals surface area contributed by atoms with Crippen molar-refractivity contribution in [2.45, 2.75) is 33.1 Å². The highest BCUT2D eigenvalue weighted by Crippen LogP contribution is 2.11. The Hall–Kier alpha value is -1.30. The molecule has 0 radical (unpaired) electrons. The summed E-state index contributed by atoms with van der Waals surface area (Å²) in [6.45, 7) is 4.35. The predicted octanol–water partition coefficient (Wildman–Crippen LogP) is 4.84. The Bertz CT molecular complexity index is 317. The normalized spacial score (nSPS) is 12.3. The van der Waals surface area contributed by atoms with Crippen molar-refractivity contribution in [1.82, 2.24) is 0 Å². The molecule has 0 bridgehead atoms. The fourth-order valence-corrected chi connectivity index (χ4v) is 1.60. The zero-order valence-corrected chi connectivity index (χ0v) is 9.74. The van der Waals surface area contributed by atoms with E-state index in [2.05, 4.69) is 56.3 Å². The van der Waals surface area contributed by atoms with E-state index in [0.29, 0.717) is 0 Å². The molecule has 1 rings (SSSR count). The lowest BCUT2D eigenvalue weighted by Gasteiger charge is -2.00. The predicted molar refractivity (Wildman–Crippen MR) is 68.8 cm³/mol. The fourth-order valence-electron chi connectivity index (χ4n) is 1.60. The van der Waals surface area contributed by atoms with Crippen molar-refractivity contribution in [3.8, 4) is 0 Å². The number of hydrogen-bond acceptors (Lipinski definition) is 0. The molecule has 0 spiro atoms. The van der Waals surface area contributed by atoms with Crippen LogP contribution < -0.4 is 0 Å². The van der Waals surface area contributed by atoms with Crippen molar-refractivity contribution >= 4 is 6.08 Å². The van der Waals surface area contributed by atoms with Gasteiger partial charge in [-0.3, -0.25) is 0 Å². The van der Waals surface area contributed by atoms with E-state index in [1.165, 1.54) is 24.0 Å². The molecule has 0 aliphatic carbocycles. The molecule has 15 heavy (non-hydrogen) atoms. The molecule has 0 heteroatoms. The van der Waals surface area contributed by atoms with Crippen LogP contribution in [-0.4, -0.2) is 0 Å². The molecule has 0 N–H and O–H groups in total. The Morgan fingerprint density at radius 3 is 2.53 bits per heavy atom. The van der Waals surface area contributed by atoms with E-state index in [0.717, 1.165) is 6.42 Å². The smallest absolute Gasteiger partial charge is 0.0136 e. The quantitative estimate of drug-likeness (QED) is 0.597. The highest BCUT2D eigenvalue weighted by atomic mass is 14.0. The Labute approximate surface area is 93.3 Å². The minimum absolute atomic E-state index is 1.08. The molecule has 0 unspecified atom stereocenters. The molecule has 0 aliphatic rings. The Morgan fingerprint density at radius 1 is 1.20 bits per heavy atom. The summed E-state index contributed by atoms with van der Waals surface area (Å²) in [5.41, 5.74) is 2.81. The second-order valence-electron chi connectivity index (χ2n) is 3.71. The van der Waals surface area contributed by atoms with Gasteiger partial charge in [-0.1, -0.05) is 67.5 Å². The van der Waals surface area contributed by atoms with Crippen molar-refractivity contribution in [1.29, 1.82) is 0 Å². The number of benzene rings is 1. The van der Waals surface area contributed by atoms with E-state index in [9.17, 15) is 0 Å². The Kier molecular flexibility index (Phi) is 5.54. The van der Waals surface area contributed by atoms with Crippen LogP contribution >= 0.6 is 0 Å². The third-order valence-electron chi connectivity index (χ3n) is 2.47. The first-order chi connectivity index (χ1) is 7.36. The third kappa shape index (κ3) is 4.64. The molecule has 0 fully saturated rings. The van der Waals surface area contributed by atoms with Crippen molar-refractivity contribution in [2.24, 2.45) is 0 Å². The number of hydrogen-bond donors (Lipinski definition) is 0. The molecule has 80 valence electrons. The van der Waals surface area contributed by atoms with Gasteiger partial charge in [-0.25, -0.2) is 0 Å². The molecule has 0 atom stereocenters. The van der Waals surface area contributed by atoms with E-state index >= 15 is 0 Å². The lowest BCUT2D eigenvalue weighted by atomic mass is 10.1. The average Bonchev–Trinajstić information content (AvgIpc) is 2.29. The fraction of sp³-hybridized carbons (Fsp3) is 0.333. The maximum Gasteiger partial charge on any atom is -0.0136 e. The van der Waals surface area contributed by atoms with Crippen LogP contribution in [0.15, 0.2) is 48.1 Å². The topological polar surface area (TPSA) is 0 Å². The molecular weight excluding hydrogens is 180 g/mol. The Morgan fingerprint density at radius 2 is 1.93 bits per heavy atom. The molecule has 1 aromatic rings. The van der Waals surface area contributed by atoms with E-state index in [1.807, 2.05) is 6.07 Å². The maximum absolute atomic E-state index is 2.25. The van der Waals surface area contributed by atoms with Gasteiger partial charge in [0.1, 0.15) is 0 Å². The van der Waals surface area contributed by atoms with Gasteiger partial charge in [-0.15, -0.1) is 0 Å². The first-order valence-electron chi connectivity index (χ1n) is 5.72. The SMILES string of the molecule is CC=C(CC=Cc1ccccc1)CCC. The number of allylic oxidation sites excluding steroid dienone is 3. The minimum Gasteiger partial charge on any atom is -0.0881 e. The molecule has 0 saturated carbocycles. The highest BCUT2D eigenvalue weighted by Gasteiger charge is 1.91. The summed E-state index contributed by atoms with van der Waals surface area (Å²) in [7, 11) is 0. The Balaban J connectivity index is 2.46. The molecule has 0 aromatic heterocycles. The molecule has 1 aromatic carbocycles. The third-order valence-corrected chi connectivity index (χ3v) is 2.47. The van der Waals surface area contributed by atoms with Crippen molar-refractivity contribution in [2.75, 3.05) is 0 Å². The minimum atomic E-state index is 1.08. The van der Waals surface area contributed by atoms with Crippen LogP contribution in [-0.2, 0) is 0 Å². The van der Waals surface area contributed by atoms with Gasteiger partial charge in [0.15, 0.2) is 0 Å². The molecule has 0 amide bonds. The van der Waals surface area contributed by atoms with Crippen LogP contribution in [0.1, 0.15) is 38.7 Å². The summed E-state index contributed by atoms with van der Waals surface area (Å²) < 4.78 is 0. The zero-order valence-electron chi connectivity index (χ0n) is 9.74. The summed E-state index contributed by atoms with van der Waals surface area (Å²) in [5.74, 6) is 0. The second-order valence-corrected chi connectivity index (χ2v) is 3.71. The standard InChI is InChI=1S/C15H20/c1-3-9-14(4-2)12-8-13-15-10-6-5-7-11-15/h4-8,10-11,13H,3,9,12H2,1-2H3. The van der Waals surface area contributed by atoms with E-state index in [4.69, 9.17) is 0 Å². The van der Waals surface area contributed by atoms with Crippen molar-refractivity contribution < 1.29 is 0 Å². The van der Waals surface area contributed by atoms with Gasteiger partial charge in [0.25, 0.3) is 0 Å². The summed E-state index contributed by atoms with van der Waals surface area (Å²) in [6.07, 6.45) is 10.2. The van der Waals surface area contributed by atoms with Crippen LogP contribution in [0.2, 0.25) is 0 Å². The van der Waals surface area contributed by atoms with Gasteiger partial charge < -0.3 is 0 Å². The van der Waals surface area contributed by atoms with E-state index in [-0.39, 0.29) is 0 Å². The maximum atomic E-state index is 2.25. The average molecular weight is 200 g/mol. The van der Waals surface area contributed by atoms with Gasteiger partial charge in [0.05, 0.1) is 0 Å². The highest BCUT2D eigenvalue weighted by molar-refractivity contribution is 5.49. The van der Waals surface area contributed by atoms with Crippen LogP contribution in [0.4, 0.5) is 0 Å². The first kappa shape index (κ1) is 11.8. The molecule has 0 aliphatic heterocycles. The van der Waals surface area contributed by atoms with Crippen LogP contribution in [0.25, 0.3) is 6.08 Å². The summed E-state index contributed by atoms with van der Waals surface area (Å²) in [4.78, 5) is 0. The zero-order chi connectivity index (χ0) is 10.9. The number of rotatable bonds is 5. The lowest BCUT2D eigenvalue weighted by molar-refractivity contribution is 0.878. The molecule has 0 saturated heterocycles. The second kappa shape index (κ2) is 7.05. The summed E-state index contributed by atoms with van der Waals surface area (Å²) in [6, 6.07) is 10.5. The van der Waals surface area contributed by atoms with E-state index < -0.39 is 0 Å². The van der Waals surface area contributed by atoms with Crippen molar-refractivity contribution in [3.05, 3.63) is 53.6 Å². The molecule has 0 nitrogen and oxygen atoms in total. The largest absolute Gasteiger partial charge is 0.0881 e. The van der Waals surface area contributed by atoms with Gasteiger partial charge in [0.2, 0.25) is 0 Å². The lowest BCUT2D eigenvalue weighted by Crippen LogP contribution is -1.79.